The smallest absolute Gasteiger partial charge is 0.336 e. The van der Waals surface area contributed by atoms with Gasteiger partial charge >= 0.3 is 5.97 Å². The van der Waals surface area contributed by atoms with E-state index in [9.17, 15) is 17.6 Å². The summed E-state index contributed by atoms with van der Waals surface area (Å²) in [5.41, 5.74) is 2.82. The third-order valence-corrected chi connectivity index (χ3v) is 8.96. The van der Waals surface area contributed by atoms with Crippen LogP contribution in [0, 0.1) is 11.7 Å². The number of hydrogen-bond donors (Lipinski definition) is 1. The van der Waals surface area contributed by atoms with Crippen LogP contribution in [0.25, 0.3) is 6.08 Å². The zero-order chi connectivity index (χ0) is 30.3. The van der Waals surface area contributed by atoms with Crippen molar-refractivity contribution in [1.82, 2.24) is 4.72 Å². The van der Waals surface area contributed by atoms with E-state index in [-0.39, 0.29) is 22.0 Å². The van der Waals surface area contributed by atoms with Crippen LogP contribution < -0.4 is 9.46 Å². The Hall–Kier alpha value is -2.52. The summed E-state index contributed by atoms with van der Waals surface area (Å²) >= 11 is 6.94. The summed E-state index contributed by atoms with van der Waals surface area (Å²) < 4.78 is 47.4. The largest absolute Gasteiger partial charge is 0.423 e. The van der Waals surface area contributed by atoms with Crippen molar-refractivity contribution in [3.63, 3.8) is 0 Å². The van der Waals surface area contributed by atoms with Gasteiger partial charge in [-0.1, -0.05) is 78.3 Å². The van der Waals surface area contributed by atoms with Crippen molar-refractivity contribution in [1.29, 1.82) is 0 Å². The van der Waals surface area contributed by atoms with Crippen molar-refractivity contribution < 1.29 is 22.3 Å². The van der Waals surface area contributed by atoms with Crippen molar-refractivity contribution in [3.8, 4) is 5.75 Å². The highest BCUT2D eigenvalue weighted by Crippen LogP contribution is 2.30. The third kappa shape index (κ3) is 10.8. The lowest BCUT2D eigenvalue weighted by molar-refractivity contribution is -0.128. The second-order valence-electron chi connectivity index (χ2n) is 8.24. The number of carbonyl (C=O) groups is 1. The van der Waals surface area contributed by atoms with Crippen LogP contribution in [0.15, 0.2) is 64.9 Å². The third-order valence-electron chi connectivity index (χ3n) is 5.75. The van der Waals surface area contributed by atoms with Gasteiger partial charge in [0.25, 0.3) is 0 Å². The molecule has 5 nitrogen and oxygen atoms in total. The van der Waals surface area contributed by atoms with Crippen LogP contribution in [-0.4, -0.2) is 20.4 Å². The molecular weight excluding hydrogens is 569 g/mol. The number of thiophene rings is 1. The maximum absolute atomic E-state index is 13.0. The maximum Gasteiger partial charge on any atom is 0.336 e. The second kappa shape index (κ2) is 18.0. The number of carbonyl (C=O) groups excluding carboxylic acids is 1. The van der Waals surface area contributed by atoms with E-state index in [1.54, 1.807) is 30.3 Å². The Kier molecular flexibility index (Phi) is 16.0. The van der Waals surface area contributed by atoms with Gasteiger partial charge in [-0.3, -0.25) is 0 Å². The van der Waals surface area contributed by atoms with Crippen molar-refractivity contribution in [3.05, 3.63) is 87.5 Å². The van der Waals surface area contributed by atoms with Gasteiger partial charge in [0, 0.05) is 12.1 Å². The van der Waals surface area contributed by atoms with Gasteiger partial charge in [0.05, 0.1) is 4.34 Å². The molecule has 1 heterocycles. The van der Waals surface area contributed by atoms with E-state index in [1.807, 2.05) is 60.6 Å². The first-order valence-corrected chi connectivity index (χ1v) is 16.4. The zero-order valence-electron chi connectivity index (χ0n) is 24.3. The van der Waals surface area contributed by atoms with Crippen LogP contribution in [0.4, 0.5) is 4.39 Å². The highest BCUT2D eigenvalue weighted by atomic mass is 35.5. The van der Waals surface area contributed by atoms with Gasteiger partial charge in [-0.2, -0.15) is 0 Å². The molecule has 2 aromatic carbocycles. The van der Waals surface area contributed by atoms with Gasteiger partial charge in [0.15, 0.2) is 0 Å². The molecule has 0 saturated carbocycles. The Labute approximate surface area is 248 Å². The molecule has 2 atom stereocenters. The molecule has 1 aromatic heterocycles. The first-order valence-electron chi connectivity index (χ1n) is 13.7. The monoisotopic (exact) mass is 609 g/mol. The Morgan fingerprint density at radius 3 is 2.25 bits per heavy atom. The van der Waals surface area contributed by atoms with Crippen LogP contribution in [0.2, 0.25) is 4.34 Å². The standard InChI is InChI=1S/C25H23ClFNO4S2.3C2H6/c1-16-14-19-15-21(32-24(29)12-4-17-2-7-20(27)8-3-17)9-5-18(19)6-10-22(16)28-34(30,31)25-13-11-23(26)33-25;3*1-2/h2-5,7-9,11-13,15-16,22,28H,6,10,14H2,1H3;3*1-2H3/b12-4+;;;/t16-,22?;;;/m1.../s1. The molecule has 40 heavy (non-hydrogen) atoms. The molecule has 0 radical (unpaired) electrons. The van der Waals surface area contributed by atoms with Crippen LogP contribution in [0.5, 0.6) is 5.75 Å². The lowest BCUT2D eigenvalue weighted by atomic mass is 9.95. The predicted molar refractivity (Wildman–Crippen MR) is 166 cm³/mol. The molecule has 0 bridgehead atoms. The molecule has 1 aliphatic rings. The minimum absolute atomic E-state index is 0.0378. The van der Waals surface area contributed by atoms with Crippen molar-refractivity contribution >= 4 is 45.0 Å². The summed E-state index contributed by atoms with van der Waals surface area (Å²) in [5, 5.41) is 0. The molecule has 1 N–H and O–H groups in total. The van der Waals surface area contributed by atoms with E-state index in [0.717, 1.165) is 22.5 Å². The van der Waals surface area contributed by atoms with Gasteiger partial charge < -0.3 is 4.74 Å². The molecule has 0 amide bonds. The van der Waals surface area contributed by atoms with Crippen molar-refractivity contribution in [2.24, 2.45) is 5.92 Å². The average Bonchev–Trinajstić information content (AvgIpc) is 3.36. The minimum Gasteiger partial charge on any atom is -0.423 e. The van der Waals surface area contributed by atoms with Crippen LogP contribution in [0.1, 0.15) is 71.6 Å². The first-order chi connectivity index (χ1) is 19.2. The second-order valence-corrected chi connectivity index (χ2v) is 11.9. The Bertz CT molecular complexity index is 1320. The van der Waals surface area contributed by atoms with Gasteiger partial charge in [-0.25, -0.2) is 22.3 Å². The molecule has 0 spiro atoms. The molecule has 3 aromatic rings. The van der Waals surface area contributed by atoms with Gasteiger partial charge in [0.2, 0.25) is 10.0 Å². The highest BCUT2D eigenvalue weighted by molar-refractivity contribution is 7.91. The molecule has 1 aliphatic carbocycles. The summed E-state index contributed by atoms with van der Waals surface area (Å²) in [6.45, 7) is 14.0. The topological polar surface area (TPSA) is 72.5 Å². The number of aryl methyl sites for hydroxylation is 1. The van der Waals surface area contributed by atoms with E-state index in [1.165, 1.54) is 24.3 Å². The number of halogens is 2. The summed E-state index contributed by atoms with van der Waals surface area (Å²) in [7, 11) is -3.64. The highest BCUT2D eigenvalue weighted by Gasteiger charge is 2.28. The summed E-state index contributed by atoms with van der Waals surface area (Å²) in [6.07, 6.45) is 4.86. The number of fused-ring (bicyclic) bond motifs is 1. The van der Waals surface area contributed by atoms with E-state index in [4.69, 9.17) is 16.3 Å². The molecule has 0 fully saturated rings. The molecule has 0 saturated heterocycles. The Morgan fingerprint density at radius 2 is 1.65 bits per heavy atom. The number of rotatable bonds is 6. The summed E-state index contributed by atoms with van der Waals surface area (Å²) in [4.78, 5) is 12.2. The summed E-state index contributed by atoms with van der Waals surface area (Å²) in [6, 6.07) is 14.1. The fourth-order valence-corrected chi connectivity index (χ4v) is 6.83. The van der Waals surface area contributed by atoms with E-state index >= 15 is 0 Å². The molecule has 9 heteroatoms. The fraction of sp³-hybridized carbons (Fsp3) is 0.387. The summed E-state index contributed by atoms with van der Waals surface area (Å²) in [5.74, 6) is -0.418. The maximum atomic E-state index is 13.0. The Morgan fingerprint density at radius 1 is 1.00 bits per heavy atom. The SMILES string of the molecule is CC.CC.CC.C[C@@H]1Cc2cc(OC(=O)/C=C/c3ccc(F)cc3)ccc2CCC1NS(=O)(=O)c1ccc(Cl)s1. The number of hydrogen-bond acceptors (Lipinski definition) is 5. The van der Waals surface area contributed by atoms with Crippen LogP contribution in [0.3, 0.4) is 0 Å². The van der Waals surface area contributed by atoms with Crippen LogP contribution in [-0.2, 0) is 27.7 Å². The molecule has 4 rings (SSSR count). The number of esters is 1. The van der Waals surface area contributed by atoms with Gasteiger partial charge in [-0.15, -0.1) is 11.3 Å². The zero-order valence-corrected chi connectivity index (χ0v) is 26.7. The molecular formula is C31H41ClFNO4S2. The van der Waals surface area contributed by atoms with E-state index in [2.05, 4.69) is 4.72 Å². The molecule has 1 unspecified atom stereocenters. The van der Waals surface area contributed by atoms with Crippen LogP contribution >= 0.6 is 22.9 Å². The number of ether oxygens (including phenoxy) is 1. The van der Waals surface area contributed by atoms with Crippen molar-refractivity contribution in [2.45, 2.75) is 78.0 Å². The minimum atomic E-state index is -3.64. The number of nitrogens with one attached hydrogen (secondary N) is 1. The molecule has 0 aliphatic heterocycles. The van der Waals surface area contributed by atoms with Gasteiger partial charge in [0.1, 0.15) is 15.8 Å². The van der Waals surface area contributed by atoms with Gasteiger partial charge in [-0.05, 0) is 84.3 Å². The Balaban J connectivity index is 0.00000125. The number of benzene rings is 2. The average molecular weight is 610 g/mol. The number of sulfonamides is 1. The lowest BCUT2D eigenvalue weighted by Crippen LogP contribution is -2.39. The normalized spacial score (nSPS) is 16.1. The quantitative estimate of drug-likeness (QED) is 0.131. The first kappa shape index (κ1) is 35.5. The molecule has 220 valence electrons. The van der Waals surface area contributed by atoms with E-state index < -0.39 is 16.0 Å². The van der Waals surface area contributed by atoms with E-state index in [0.29, 0.717) is 34.9 Å². The lowest BCUT2D eigenvalue weighted by Gasteiger charge is -2.22. The predicted octanol–water partition coefficient (Wildman–Crippen LogP) is 8.71. The van der Waals surface area contributed by atoms with Crippen molar-refractivity contribution in [2.75, 3.05) is 0 Å². The fourth-order valence-electron chi connectivity index (χ4n) is 3.95.